The zero-order valence-corrected chi connectivity index (χ0v) is 15.4. The standard InChI is InChI=1S/C21H32O4/c1-2-3-4-7-10-18(22)15-13-17-14-16-20(23)19(17)11-8-5-6-9-12-21(24)25/h13,15,17-19,22H,2-4,6-7,9-12,14,16H2,1H3,(H,24,25)/b15-13+. The zero-order chi connectivity index (χ0) is 18.5. The van der Waals surface area contributed by atoms with Gasteiger partial charge >= 0.3 is 5.97 Å². The quantitative estimate of drug-likeness (QED) is 0.335. The summed E-state index contributed by atoms with van der Waals surface area (Å²) in [6.07, 6.45) is 12.0. The molecule has 0 amide bonds. The molecule has 0 saturated heterocycles. The van der Waals surface area contributed by atoms with Crippen LogP contribution < -0.4 is 0 Å². The summed E-state index contributed by atoms with van der Waals surface area (Å²) in [5.74, 6) is 5.57. The second kappa shape index (κ2) is 12.7. The van der Waals surface area contributed by atoms with E-state index in [1.165, 1.54) is 12.8 Å². The number of hydrogen-bond donors (Lipinski definition) is 2. The minimum Gasteiger partial charge on any atom is -0.481 e. The lowest BCUT2D eigenvalue weighted by Crippen LogP contribution is -2.13. The molecule has 0 spiro atoms. The van der Waals surface area contributed by atoms with E-state index in [-0.39, 0.29) is 24.0 Å². The molecule has 0 bridgehead atoms. The van der Waals surface area contributed by atoms with Crippen LogP contribution >= 0.6 is 0 Å². The molecule has 1 aliphatic rings. The highest BCUT2D eigenvalue weighted by Gasteiger charge is 2.32. The maximum atomic E-state index is 12.0. The summed E-state index contributed by atoms with van der Waals surface area (Å²) in [4.78, 5) is 22.5. The first-order valence-electron chi connectivity index (χ1n) is 9.61. The van der Waals surface area contributed by atoms with Crippen molar-refractivity contribution in [3.05, 3.63) is 12.2 Å². The van der Waals surface area contributed by atoms with Gasteiger partial charge in [-0.25, -0.2) is 0 Å². The largest absolute Gasteiger partial charge is 0.481 e. The first kappa shape index (κ1) is 21.4. The molecule has 140 valence electrons. The summed E-state index contributed by atoms with van der Waals surface area (Å²) >= 11 is 0. The maximum absolute atomic E-state index is 12.0. The minimum absolute atomic E-state index is 0.0736. The minimum atomic E-state index is -0.800. The van der Waals surface area contributed by atoms with E-state index >= 15 is 0 Å². The third-order valence-corrected chi connectivity index (χ3v) is 4.73. The molecule has 1 aliphatic carbocycles. The number of carbonyl (C=O) groups excluding carboxylic acids is 1. The predicted octanol–water partition coefficient (Wildman–Crippen LogP) is 4.12. The molecule has 0 aromatic heterocycles. The van der Waals surface area contributed by atoms with Crippen LogP contribution in [0.4, 0.5) is 0 Å². The molecule has 3 unspecified atom stereocenters. The molecule has 4 heteroatoms. The molecular formula is C21H32O4. The van der Waals surface area contributed by atoms with Crippen LogP contribution in [0.15, 0.2) is 12.2 Å². The molecule has 0 heterocycles. The average Bonchev–Trinajstić information content (AvgIpc) is 2.93. The van der Waals surface area contributed by atoms with E-state index in [1.54, 1.807) is 0 Å². The molecular weight excluding hydrogens is 316 g/mol. The Balaban J connectivity index is 2.37. The summed E-state index contributed by atoms with van der Waals surface area (Å²) in [5, 5.41) is 18.6. The zero-order valence-electron chi connectivity index (χ0n) is 15.4. The van der Waals surface area contributed by atoms with Gasteiger partial charge in [0.2, 0.25) is 0 Å². The Kier molecular flexibility index (Phi) is 10.9. The Hall–Kier alpha value is -1.60. The van der Waals surface area contributed by atoms with E-state index in [0.717, 1.165) is 25.7 Å². The van der Waals surface area contributed by atoms with Crippen molar-refractivity contribution in [3.63, 3.8) is 0 Å². The highest BCUT2D eigenvalue weighted by Crippen LogP contribution is 2.32. The van der Waals surface area contributed by atoms with E-state index in [2.05, 4.69) is 18.8 Å². The molecule has 0 radical (unpaired) electrons. The van der Waals surface area contributed by atoms with Crippen molar-refractivity contribution in [2.24, 2.45) is 11.8 Å². The van der Waals surface area contributed by atoms with Gasteiger partial charge in [-0.15, -0.1) is 11.8 Å². The number of Topliss-reactive ketones (excluding diaryl/α,β-unsaturated/α-hetero) is 1. The van der Waals surface area contributed by atoms with Crippen molar-refractivity contribution in [2.75, 3.05) is 0 Å². The number of ketones is 1. The van der Waals surface area contributed by atoms with Crippen LogP contribution in [0.2, 0.25) is 0 Å². The van der Waals surface area contributed by atoms with Crippen LogP contribution in [0.5, 0.6) is 0 Å². The van der Waals surface area contributed by atoms with Crippen LogP contribution in [-0.4, -0.2) is 28.1 Å². The summed E-state index contributed by atoms with van der Waals surface area (Å²) in [7, 11) is 0. The van der Waals surface area contributed by atoms with Crippen molar-refractivity contribution in [1.29, 1.82) is 0 Å². The van der Waals surface area contributed by atoms with Crippen LogP contribution in [0.1, 0.15) is 77.6 Å². The lowest BCUT2D eigenvalue weighted by Gasteiger charge is -2.13. The fourth-order valence-electron chi connectivity index (χ4n) is 3.18. The molecule has 0 aliphatic heterocycles. The van der Waals surface area contributed by atoms with Crippen LogP contribution in [0.25, 0.3) is 0 Å². The number of aliphatic hydroxyl groups excluding tert-OH is 1. The summed E-state index contributed by atoms with van der Waals surface area (Å²) < 4.78 is 0. The van der Waals surface area contributed by atoms with Crippen molar-refractivity contribution >= 4 is 11.8 Å². The van der Waals surface area contributed by atoms with E-state index in [9.17, 15) is 14.7 Å². The number of carbonyl (C=O) groups is 2. The highest BCUT2D eigenvalue weighted by molar-refractivity contribution is 5.84. The SMILES string of the molecule is CCCCCCC(O)/C=C/C1CCC(=O)C1CC#CCCCC(=O)O. The molecule has 3 atom stereocenters. The van der Waals surface area contributed by atoms with E-state index in [4.69, 9.17) is 5.11 Å². The Morgan fingerprint density at radius 2 is 2.08 bits per heavy atom. The Morgan fingerprint density at radius 3 is 2.80 bits per heavy atom. The summed E-state index contributed by atoms with van der Waals surface area (Å²) in [6.45, 7) is 2.17. The second-order valence-corrected chi connectivity index (χ2v) is 6.88. The number of aliphatic carboxylic acids is 1. The number of rotatable bonds is 11. The van der Waals surface area contributed by atoms with Gasteiger partial charge in [-0.2, -0.15) is 0 Å². The van der Waals surface area contributed by atoms with Gasteiger partial charge in [-0.3, -0.25) is 9.59 Å². The molecule has 0 aromatic rings. The number of carboxylic acids is 1. The number of aliphatic hydroxyl groups is 1. The first-order valence-corrected chi connectivity index (χ1v) is 9.61. The van der Waals surface area contributed by atoms with Gasteiger partial charge in [0.1, 0.15) is 5.78 Å². The average molecular weight is 348 g/mol. The van der Waals surface area contributed by atoms with E-state index in [0.29, 0.717) is 25.7 Å². The van der Waals surface area contributed by atoms with Crippen molar-refractivity contribution in [2.45, 2.75) is 83.7 Å². The van der Waals surface area contributed by atoms with E-state index < -0.39 is 12.1 Å². The topological polar surface area (TPSA) is 74.6 Å². The maximum Gasteiger partial charge on any atom is 0.303 e. The Labute approximate surface area is 151 Å². The summed E-state index contributed by atoms with van der Waals surface area (Å²) in [5.41, 5.74) is 0. The lowest BCUT2D eigenvalue weighted by atomic mass is 9.91. The second-order valence-electron chi connectivity index (χ2n) is 6.88. The number of hydrogen-bond acceptors (Lipinski definition) is 3. The van der Waals surface area contributed by atoms with Crippen molar-refractivity contribution in [3.8, 4) is 11.8 Å². The predicted molar refractivity (Wildman–Crippen MR) is 99.0 cm³/mol. The molecule has 1 rings (SSSR count). The molecule has 25 heavy (non-hydrogen) atoms. The van der Waals surface area contributed by atoms with Gasteiger partial charge in [0, 0.05) is 31.6 Å². The summed E-state index contributed by atoms with van der Waals surface area (Å²) in [6, 6.07) is 0. The lowest BCUT2D eigenvalue weighted by molar-refractivity contribution is -0.137. The van der Waals surface area contributed by atoms with Gasteiger partial charge in [0.25, 0.3) is 0 Å². The number of carboxylic acid groups (broad SMARTS) is 1. The smallest absolute Gasteiger partial charge is 0.303 e. The highest BCUT2D eigenvalue weighted by atomic mass is 16.4. The van der Waals surface area contributed by atoms with Gasteiger partial charge in [-0.1, -0.05) is 44.8 Å². The van der Waals surface area contributed by atoms with Gasteiger partial charge in [0.05, 0.1) is 6.10 Å². The number of allylic oxidation sites excluding steroid dienone is 1. The van der Waals surface area contributed by atoms with Gasteiger partial charge in [0.15, 0.2) is 0 Å². The fourth-order valence-corrected chi connectivity index (χ4v) is 3.18. The van der Waals surface area contributed by atoms with Gasteiger partial charge in [-0.05, 0) is 25.2 Å². The Bertz CT molecular complexity index is 498. The fraction of sp³-hybridized carbons (Fsp3) is 0.714. The van der Waals surface area contributed by atoms with Crippen LogP contribution in [0, 0.1) is 23.7 Å². The monoisotopic (exact) mass is 348 g/mol. The van der Waals surface area contributed by atoms with Crippen molar-refractivity contribution < 1.29 is 19.8 Å². The third kappa shape index (κ3) is 9.45. The molecule has 0 aromatic carbocycles. The van der Waals surface area contributed by atoms with Gasteiger partial charge < -0.3 is 10.2 Å². The van der Waals surface area contributed by atoms with Crippen molar-refractivity contribution in [1.82, 2.24) is 0 Å². The molecule has 1 fully saturated rings. The molecule has 4 nitrogen and oxygen atoms in total. The Morgan fingerprint density at radius 1 is 1.28 bits per heavy atom. The molecule has 1 saturated carbocycles. The van der Waals surface area contributed by atoms with Crippen LogP contribution in [0.3, 0.4) is 0 Å². The normalized spacial score (nSPS) is 21.3. The van der Waals surface area contributed by atoms with Crippen LogP contribution in [-0.2, 0) is 9.59 Å². The van der Waals surface area contributed by atoms with E-state index in [1.807, 2.05) is 12.2 Å². The molecule has 2 N–H and O–H groups in total. The third-order valence-electron chi connectivity index (χ3n) is 4.73. The number of unbranched alkanes of at least 4 members (excludes halogenated alkanes) is 4. The first-order chi connectivity index (χ1) is 12.0.